The Kier molecular flexibility index (Phi) is 29.8. The summed E-state index contributed by atoms with van der Waals surface area (Å²) in [5, 5.41) is 22.4. The molecule has 13 heteroatoms. The molecule has 1 unspecified atom stereocenters. The molecule has 41 heavy (non-hydrogen) atoms. The molecule has 0 aliphatic heterocycles. The zero-order chi connectivity index (χ0) is 31.5. The van der Waals surface area contributed by atoms with Crippen molar-refractivity contribution in [3.05, 3.63) is 59.7 Å². The van der Waals surface area contributed by atoms with Gasteiger partial charge in [-0.25, -0.2) is 4.18 Å². The van der Waals surface area contributed by atoms with Crippen molar-refractivity contribution >= 4 is 44.3 Å². The number of hydrogen-bond donors (Lipinski definition) is 2. The third kappa shape index (κ3) is 23.1. The summed E-state index contributed by atoms with van der Waals surface area (Å²) < 4.78 is 23.0. The zero-order valence-corrected chi connectivity index (χ0v) is 29.9. The minimum Gasteiger partial charge on any atom is -0.508 e. The van der Waals surface area contributed by atoms with Gasteiger partial charge in [-0.1, -0.05) is 52.7 Å². The third-order valence-electron chi connectivity index (χ3n) is 5.00. The van der Waals surface area contributed by atoms with Crippen LogP contribution in [0.25, 0.3) is 0 Å². The first-order valence-electron chi connectivity index (χ1n) is 13.4. The second-order valence-electron chi connectivity index (χ2n) is 7.81. The second-order valence-corrected chi connectivity index (χ2v) is 12.8. The highest BCUT2D eigenvalue weighted by atomic mass is 32.2. The predicted molar refractivity (Wildman–Crippen MR) is 183 cm³/mol. The van der Waals surface area contributed by atoms with Crippen molar-refractivity contribution in [2.45, 2.75) is 47.0 Å². The van der Waals surface area contributed by atoms with E-state index in [0.29, 0.717) is 12.6 Å². The van der Waals surface area contributed by atoms with Crippen LogP contribution in [0.1, 0.15) is 51.7 Å². The van der Waals surface area contributed by atoms with Crippen LogP contribution in [0.2, 0.25) is 0 Å². The number of phenols is 2. The van der Waals surface area contributed by atoms with Crippen LogP contribution in [-0.2, 0) is 24.5 Å². The molecule has 0 saturated heterocycles. The topological polar surface area (TPSA) is 96.2 Å². The Bertz CT molecular complexity index is 846. The first kappa shape index (κ1) is 42.1. The summed E-state index contributed by atoms with van der Waals surface area (Å²) in [4.78, 5) is 2.23. The number of hydrazone groups is 1. The van der Waals surface area contributed by atoms with E-state index in [1.807, 2.05) is 32.2 Å². The van der Waals surface area contributed by atoms with E-state index >= 15 is 0 Å². The molecule has 2 aromatic carbocycles. The number of aromatic hydroxyl groups is 2. The smallest absolute Gasteiger partial charge is 0.185 e. The van der Waals surface area contributed by atoms with E-state index in [4.69, 9.17) is 23.2 Å². The lowest BCUT2D eigenvalue weighted by molar-refractivity contribution is 0.275. The molecule has 0 amide bonds. The Morgan fingerprint density at radius 1 is 0.805 bits per heavy atom. The van der Waals surface area contributed by atoms with Gasteiger partial charge in [0.15, 0.2) is 16.8 Å². The van der Waals surface area contributed by atoms with Gasteiger partial charge in [-0.15, -0.1) is 0 Å². The van der Waals surface area contributed by atoms with Gasteiger partial charge in [0, 0.05) is 41.2 Å². The van der Waals surface area contributed by atoms with Gasteiger partial charge >= 0.3 is 0 Å². The first-order chi connectivity index (χ1) is 19.8. The van der Waals surface area contributed by atoms with Gasteiger partial charge in [-0.2, -0.15) is 5.10 Å². The summed E-state index contributed by atoms with van der Waals surface area (Å²) in [7, 11) is 7.21. The van der Waals surface area contributed by atoms with Crippen LogP contribution in [0, 0.1) is 0 Å². The fourth-order valence-corrected chi connectivity index (χ4v) is 4.84. The van der Waals surface area contributed by atoms with Crippen LogP contribution < -0.4 is 0 Å². The van der Waals surface area contributed by atoms with Gasteiger partial charge in [0.25, 0.3) is 0 Å². The highest BCUT2D eigenvalue weighted by molar-refractivity contribution is 7.98. The quantitative estimate of drug-likeness (QED) is 0.0854. The van der Waals surface area contributed by atoms with Crippen molar-refractivity contribution in [3.8, 4) is 11.5 Å². The van der Waals surface area contributed by atoms with Gasteiger partial charge in [0.2, 0.25) is 0 Å². The summed E-state index contributed by atoms with van der Waals surface area (Å²) >= 11 is 1.50. The zero-order valence-electron chi connectivity index (χ0n) is 26.2. The highest BCUT2D eigenvalue weighted by Gasteiger charge is 2.19. The van der Waals surface area contributed by atoms with E-state index in [1.165, 1.54) is 30.4 Å². The van der Waals surface area contributed by atoms with Gasteiger partial charge in [0.05, 0.1) is 18.8 Å². The van der Waals surface area contributed by atoms with Crippen LogP contribution in [0.5, 0.6) is 11.5 Å². The molecule has 0 heterocycles. The van der Waals surface area contributed by atoms with Crippen LogP contribution in [-0.4, -0.2) is 79.3 Å². The van der Waals surface area contributed by atoms with Crippen molar-refractivity contribution in [3.63, 3.8) is 0 Å². The molecule has 0 aliphatic carbocycles. The molecule has 236 valence electrons. The lowest BCUT2D eigenvalue weighted by Gasteiger charge is -2.27. The summed E-state index contributed by atoms with van der Waals surface area (Å²) in [6.07, 6.45) is 8.57. The van der Waals surface area contributed by atoms with E-state index in [2.05, 4.69) is 33.2 Å². The second kappa shape index (κ2) is 29.0. The lowest BCUT2D eigenvalue weighted by Crippen LogP contribution is -2.27. The normalized spacial score (nSPS) is 10.6. The maximum Gasteiger partial charge on any atom is 0.185 e. The Labute approximate surface area is 258 Å². The summed E-state index contributed by atoms with van der Waals surface area (Å²) in [6, 6.07) is 14.1. The number of phenolic OH excluding ortho intramolecular Hbond substituents is 2. The Balaban J connectivity index is 0. The highest BCUT2D eigenvalue weighted by Crippen LogP contribution is 2.41. The van der Waals surface area contributed by atoms with Gasteiger partial charge in [-0.05, 0) is 75.3 Å². The monoisotopic (exact) mass is 651 g/mol. The molecule has 2 rings (SSSR count). The molecule has 2 N–H and O–H groups in total. The van der Waals surface area contributed by atoms with Crippen molar-refractivity contribution < 1.29 is 28.3 Å². The molecule has 0 saturated carbocycles. The number of nitrogens with zero attached hydrogens (tertiary/aromatic N) is 3. The van der Waals surface area contributed by atoms with Crippen LogP contribution in [0.3, 0.4) is 0 Å². The minimum atomic E-state index is -0.937. The van der Waals surface area contributed by atoms with E-state index in [0.717, 1.165) is 18.5 Å². The summed E-state index contributed by atoms with van der Waals surface area (Å²) in [5.74, 6) is 0.551. The summed E-state index contributed by atoms with van der Waals surface area (Å²) in [6.45, 7) is 9.20. The Hall–Kier alpha value is -1.05. The molecule has 1 atom stereocenters. The Morgan fingerprint density at radius 2 is 1.22 bits per heavy atom. The third-order valence-corrected chi connectivity index (χ3v) is 9.12. The molecule has 2 aromatic rings. The number of hydrogen-bond acceptors (Lipinski definition) is 10. The molecule has 0 bridgehead atoms. The molecule has 0 aliphatic rings. The SMILES string of the molecule is CC.CCCC.COP(CN(CCc1ccc(O)cc1)CP(OC)OC)OC.CSN(P)N=Cc1ccc(O)cc1. The number of unbranched alkanes of at least 4 members (excludes halogenated alkanes) is 1. The standard InChI is InChI=1S/C14H25NO5P2.C8H11N2OPS.C4H10.C2H6/c1-17-21(18-2)11-15(12-22(19-3)20-4)10-9-13-5-7-14(16)8-6-13;1-13-10(12)9-6-7-2-4-8(11)5-3-7;1-3-4-2;1-2/h5-8,16H,9-12H2,1-4H3;2-6,11H,12H2,1H3;3-4H2,1-2H3;1-2H3. The van der Waals surface area contributed by atoms with Crippen molar-refractivity contribution in [2.75, 3.05) is 53.8 Å². The molecule has 9 nitrogen and oxygen atoms in total. The van der Waals surface area contributed by atoms with Crippen LogP contribution in [0.4, 0.5) is 0 Å². The average molecular weight is 652 g/mol. The van der Waals surface area contributed by atoms with Crippen LogP contribution in [0.15, 0.2) is 53.6 Å². The molecule has 0 radical (unpaired) electrons. The maximum absolute atomic E-state index is 9.33. The average Bonchev–Trinajstić information content (AvgIpc) is 3.02. The van der Waals surface area contributed by atoms with Gasteiger partial charge in [0.1, 0.15) is 11.5 Å². The predicted octanol–water partition coefficient (Wildman–Crippen LogP) is 8.29. The number of benzene rings is 2. The largest absolute Gasteiger partial charge is 0.508 e. The number of rotatable bonds is 15. The van der Waals surface area contributed by atoms with Crippen LogP contribution >= 0.6 is 38.1 Å². The molecular weight excluding hydrogens is 599 g/mol. The molecule has 0 spiro atoms. The fraction of sp³-hybridized carbons (Fsp3) is 0.536. The van der Waals surface area contributed by atoms with Crippen molar-refractivity contribution in [1.82, 2.24) is 9.08 Å². The van der Waals surface area contributed by atoms with E-state index in [9.17, 15) is 5.11 Å². The van der Waals surface area contributed by atoms with Gasteiger partial charge in [-0.3, -0.25) is 4.90 Å². The van der Waals surface area contributed by atoms with E-state index in [-0.39, 0.29) is 11.5 Å². The van der Waals surface area contributed by atoms with E-state index in [1.54, 1.807) is 75.2 Å². The fourth-order valence-electron chi connectivity index (χ4n) is 2.57. The minimum absolute atomic E-state index is 0.268. The molecule has 0 aromatic heterocycles. The maximum atomic E-state index is 9.33. The van der Waals surface area contributed by atoms with Crippen molar-refractivity contribution in [1.29, 1.82) is 0 Å². The molecular formula is C28H52N3O6P3S. The Morgan fingerprint density at radius 3 is 1.59 bits per heavy atom. The summed E-state index contributed by atoms with van der Waals surface area (Å²) in [5.41, 5.74) is 2.13. The molecule has 0 fully saturated rings. The van der Waals surface area contributed by atoms with E-state index < -0.39 is 16.8 Å². The van der Waals surface area contributed by atoms with Crippen molar-refractivity contribution in [2.24, 2.45) is 5.10 Å². The lowest BCUT2D eigenvalue weighted by atomic mass is 10.1. The van der Waals surface area contributed by atoms with Gasteiger partial charge < -0.3 is 28.3 Å². The first-order valence-corrected chi connectivity index (χ1v) is 17.8.